The first-order valence-electron chi connectivity index (χ1n) is 5.68. The molecule has 0 aliphatic carbocycles. The van der Waals surface area contributed by atoms with Gasteiger partial charge in [0.05, 0.1) is 0 Å². The summed E-state index contributed by atoms with van der Waals surface area (Å²) in [7, 11) is 0. The molecule has 0 aliphatic rings. The number of imide groups is 1. The number of nitrogens with one attached hydrogen (secondary N) is 2. The van der Waals surface area contributed by atoms with E-state index in [-0.39, 0.29) is 18.2 Å². The highest BCUT2D eigenvalue weighted by molar-refractivity contribution is 6.19. The summed E-state index contributed by atoms with van der Waals surface area (Å²) in [4.78, 5) is 22.8. The van der Waals surface area contributed by atoms with Crippen LogP contribution in [0.4, 0.5) is 10.5 Å². The molecule has 0 heterocycles. The maximum atomic E-state index is 11.6. The van der Waals surface area contributed by atoms with Gasteiger partial charge in [-0.2, -0.15) is 0 Å². The number of amides is 3. The van der Waals surface area contributed by atoms with Crippen molar-refractivity contribution in [2.24, 2.45) is 0 Å². The highest BCUT2D eigenvalue weighted by Crippen LogP contribution is 2.21. The van der Waals surface area contributed by atoms with E-state index in [4.69, 9.17) is 11.6 Å². The van der Waals surface area contributed by atoms with E-state index < -0.39 is 6.03 Å². The van der Waals surface area contributed by atoms with Crippen LogP contribution < -0.4 is 10.6 Å². The number of benzene rings is 1. The summed E-state index contributed by atoms with van der Waals surface area (Å²) in [5, 5.41) is 4.91. The fourth-order valence-electron chi connectivity index (χ4n) is 1.80. The second-order valence-corrected chi connectivity index (χ2v) is 4.59. The molecule has 5 heteroatoms. The molecule has 98 valence electrons. The normalized spacial score (nSPS) is 10.0. The minimum absolute atomic E-state index is 0.126. The fourth-order valence-corrected chi connectivity index (χ4v) is 1.97. The number of hydrogen-bond acceptors (Lipinski definition) is 2. The Morgan fingerprint density at radius 2 is 1.72 bits per heavy atom. The molecule has 2 N–H and O–H groups in total. The van der Waals surface area contributed by atoms with Gasteiger partial charge < -0.3 is 5.32 Å². The SMILES string of the molecule is Cc1cc(C)c(NC(=O)NC(=O)CCCl)c(C)c1. The van der Waals surface area contributed by atoms with Crippen LogP contribution in [0.3, 0.4) is 0 Å². The van der Waals surface area contributed by atoms with Crippen LogP contribution in [-0.4, -0.2) is 17.8 Å². The Kier molecular flexibility index (Phi) is 5.16. The first-order chi connectivity index (χ1) is 8.43. The lowest BCUT2D eigenvalue weighted by Gasteiger charge is -2.12. The number of hydrogen-bond donors (Lipinski definition) is 2. The number of aryl methyl sites for hydroxylation is 3. The van der Waals surface area contributed by atoms with Gasteiger partial charge in [0.25, 0.3) is 0 Å². The topological polar surface area (TPSA) is 58.2 Å². The molecule has 18 heavy (non-hydrogen) atoms. The Bertz CT molecular complexity index is 449. The van der Waals surface area contributed by atoms with E-state index >= 15 is 0 Å². The van der Waals surface area contributed by atoms with Gasteiger partial charge in [-0.05, 0) is 31.9 Å². The monoisotopic (exact) mass is 268 g/mol. The molecule has 0 radical (unpaired) electrons. The number of anilines is 1. The molecule has 0 unspecified atom stereocenters. The minimum Gasteiger partial charge on any atom is -0.307 e. The van der Waals surface area contributed by atoms with Gasteiger partial charge in [-0.3, -0.25) is 10.1 Å². The van der Waals surface area contributed by atoms with Crippen molar-refractivity contribution < 1.29 is 9.59 Å². The molecule has 0 bridgehead atoms. The average Bonchev–Trinajstić information content (AvgIpc) is 2.23. The number of rotatable bonds is 3. The van der Waals surface area contributed by atoms with Gasteiger partial charge in [-0.15, -0.1) is 11.6 Å². The Balaban J connectivity index is 2.73. The lowest BCUT2D eigenvalue weighted by Crippen LogP contribution is -2.34. The van der Waals surface area contributed by atoms with Crippen molar-refractivity contribution in [2.75, 3.05) is 11.2 Å². The molecule has 0 atom stereocenters. The minimum atomic E-state index is -0.528. The largest absolute Gasteiger partial charge is 0.325 e. The Morgan fingerprint density at radius 1 is 1.17 bits per heavy atom. The number of halogens is 1. The summed E-state index contributed by atoms with van der Waals surface area (Å²) in [6, 6.07) is 3.42. The number of carbonyl (C=O) groups is 2. The van der Waals surface area contributed by atoms with Crippen LogP contribution in [0.5, 0.6) is 0 Å². The lowest BCUT2D eigenvalue weighted by molar-refractivity contribution is -0.119. The third-order valence-corrected chi connectivity index (χ3v) is 2.68. The molecule has 0 aromatic heterocycles. The number of carbonyl (C=O) groups excluding carboxylic acids is 2. The molecular formula is C13H17ClN2O2. The van der Waals surface area contributed by atoms with E-state index in [0.29, 0.717) is 0 Å². The predicted octanol–water partition coefficient (Wildman–Crippen LogP) is 2.89. The molecule has 0 saturated carbocycles. The standard InChI is InChI=1S/C13H17ClN2O2/c1-8-6-9(2)12(10(3)7-8)16-13(18)15-11(17)4-5-14/h6-7H,4-5H2,1-3H3,(H2,15,16,17,18). The van der Waals surface area contributed by atoms with Gasteiger partial charge in [0.2, 0.25) is 5.91 Å². The van der Waals surface area contributed by atoms with E-state index in [0.717, 1.165) is 22.4 Å². The maximum absolute atomic E-state index is 11.6. The summed E-state index contributed by atoms with van der Waals surface area (Å²) in [5.41, 5.74) is 3.80. The van der Waals surface area contributed by atoms with Gasteiger partial charge in [0, 0.05) is 18.0 Å². The van der Waals surface area contributed by atoms with E-state index in [2.05, 4.69) is 10.6 Å². The van der Waals surface area contributed by atoms with Crippen LogP contribution in [-0.2, 0) is 4.79 Å². The molecular weight excluding hydrogens is 252 g/mol. The van der Waals surface area contributed by atoms with Crippen molar-refractivity contribution in [1.29, 1.82) is 0 Å². The van der Waals surface area contributed by atoms with Gasteiger partial charge in [0.1, 0.15) is 0 Å². The molecule has 1 aromatic rings. The molecule has 1 rings (SSSR count). The van der Waals surface area contributed by atoms with Crippen LogP contribution in [0.15, 0.2) is 12.1 Å². The molecule has 0 aliphatic heterocycles. The highest BCUT2D eigenvalue weighted by Gasteiger charge is 2.10. The summed E-state index contributed by atoms with van der Waals surface area (Å²) in [5.74, 6) is -0.188. The highest BCUT2D eigenvalue weighted by atomic mass is 35.5. The summed E-state index contributed by atoms with van der Waals surface area (Å²) in [6.45, 7) is 5.82. The zero-order chi connectivity index (χ0) is 13.7. The summed E-state index contributed by atoms with van der Waals surface area (Å²) >= 11 is 5.42. The maximum Gasteiger partial charge on any atom is 0.325 e. The first-order valence-corrected chi connectivity index (χ1v) is 6.22. The van der Waals surface area contributed by atoms with Gasteiger partial charge in [-0.25, -0.2) is 4.79 Å². The average molecular weight is 269 g/mol. The second-order valence-electron chi connectivity index (χ2n) is 4.22. The summed E-state index contributed by atoms with van der Waals surface area (Å²) in [6.07, 6.45) is 0.126. The Morgan fingerprint density at radius 3 is 2.22 bits per heavy atom. The molecule has 0 spiro atoms. The van der Waals surface area contributed by atoms with Crippen LogP contribution in [0.2, 0.25) is 0 Å². The molecule has 1 aromatic carbocycles. The van der Waals surface area contributed by atoms with Gasteiger partial charge >= 0.3 is 6.03 Å². The van der Waals surface area contributed by atoms with Crippen molar-refractivity contribution in [2.45, 2.75) is 27.2 Å². The zero-order valence-corrected chi connectivity index (χ0v) is 11.5. The lowest BCUT2D eigenvalue weighted by atomic mass is 10.1. The second kappa shape index (κ2) is 6.40. The van der Waals surface area contributed by atoms with Gasteiger partial charge in [0.15, 0.2) is 0 Å². The Labute approximate surface area is 112 Å². The Hall–Kier alpha value is -1.55. The third kappa shape index (κ3) is 4.04. The molecule has 3 amide bonds. The van der Waals surface area contributed by atoms with Crippen LogP contribution >= 0.6 is 11.6 Å². The molecule has 0 fully saturated rings. The fraction of sp³-hybridized carbons (Fsp3) is 0.385. The van der Waals surface area contributed by atoms with Crippen molar-refractivity contribution in [3.8, 4) is 0 Å². The van der Waals surface area contributed by atoms with E-state index in [1.165, 1.54) is 0 Å². The quantitative estimate of drug-likeness (QED) is 0.828. The van der Waals surface area contributed by atoms with E-state index in [9.17, 15) is 9.59 Å². The number of urea groups is 1. The van der Waals surface area contributed by atoms with Crippen LogP contribution in [0, 0.1) is 20.8 Å². The van der Waals surface area contributed by atoms with Crippen molar-refractivity contribution >= 4 is 29.2 Å². The molecule has 0 saturated heterocycles. The van der Waals surface area contributed by atoms with Crippen LogP contribution in [0.25, 0.3) is 0 Å². The van der Waals surface area contributed by atoms with E-state index in [1.54, 1.807) is 0 Å². The van der Waals surface area contributed by atoms with Crippen LogP contribution in [0.1, 0.15) is 23.1 Å². The van der Waals surface area contributed by atoms with E-state index in [1.807, 2.05) is 32.9 Å². The van der Waals surface area contributed by atoms with Crippen molar-refractivity contribution in [3.05, 3.63) is 28.8 Å². The van der Waals surface area contributed by atoms with Crippen molar-refractivity contribution in [3.63, 3.8) is 0 Å². The smallest absolute Gasteiger partial charge is 0.307 e. The van der Waals surface area contributed by atoms with Gasteiger partial charge in [-0.1, -0.05) is 17.7 Å². The van der Waals surface area contributed by atoms with Crippen molar-refractivity contribution in [1.82, 2.24) is 5.32 Å². The third-order valence-electron chi connectivity index (χ3n) is 2.49. The number of alkyl halides is 1. The molecule has 4 nitrogen and oxygen atoms in total. The zero-order valence-electron chi connectivity index (χ0n) is 10.8. The first kappa shape index (κ1) is 14.5. The predicted molar refractivity (Wildman–Crippen MR) is 73.2 cm³/mol. The summed E-state index contributed by atoms with van der Waals surface area (Å²) < 4.78 is 0.